The molecule has 0 saturated heterocycles. The van der Waals surface area contributed by atoms with Gasteiger partial charge in [0.1, 0.15) is 17.5 Å². The van der Waals surface area contributed by atoms with E-state index in [0.717, 1.165) is 42.8 Å². The molecule has 3 nitrogen and oxygen atoms in total. The molecular formula is C18H29NO2. The van der Waals surface area contributed by atoms with Crippen molar-refractivity contribution in [3.8, 4) is 5.75 Å². The van der Waals surface area contributed by atoms with E-state index in [1.165, 1.54) is 0 Å². The molecule has 118 valence electrons. The summed E-state index contributed by atoms with van der Waals surface area (Å²) in [6.45, 7) is 12.5. The Morgan fingerprint density at radius 2 is 2.00 bits per heavy atom. The smallest absolute Gasteiger partial charge is 0.126 e. The number of aliphatic hydroxyl groups excluding tert-OH is 1. The molecule has 0 aromatic heterocycles. The number of nitrogens with zero attached hydrogens (tertiary/aromatic N) is 1. The predicted molar refractivity (Wildman–Crippen MR) is 86.8 cm³/mol. The third-order valence-corrected chi connectivity index (χ3v) is 4.47. The van der Waals surface area contributed by atoms with Gasteiger partial charge in [0.25, 0.3) is 0 Å². The van der Waals surface area contributed by atoms with Crippen molar-refractivity contribution in [1.29, 1.82) is 0 Å². The van der Waals surface area contributed by atoms with Gasteiger partial charge in [0.05, 0.1) is 6.04 Å². The minimum absolute atomic E-state index is 0.0108. The topological polar surface area (TPSA) is 32.7 Å². The first kappa shape index (κ1) is 16.3. The first-order valence-electron chi connectivity index (χ1n) is 8.12. The summed E-state index contributed by atoms with van der Waals surface area (Å²) >= 11 is 0. The zero-order chi connectivity index (χ0) is 15.6. The van der Waals surface area contributed by atoms with Gasteiger partial charge >= 0.3 is 0 Å². The van der Waals surface area contributed by atoms with Gasteiger partial charge in [-0.3, -0.25) is 4.90 Å². The molecule has 0 amide bonds. The van der Waals surface area contributed by atoms with Crippen LogP contribution in [0.4, 0.5) is 0 Å². The Balaban J connectivity index is 2.36. The molecule has 2 atom stereocenters. The van der Waals surface area contributed by atoms with Crippen LogP contribution < -0.4 is 4.74 Å². The third-order valence-electron chi connectivity index (χ3n) is 4.47. The average molecular weight is 291 g/mol. The van der Waals surface area contributed by atoms with E-state index < -0.39 is 11.7 Å². The molecule has 2 rings (SSSR count). The maximum Gasteiger partial charge on any atom is 0.126 e. The van der Waals surface area contributed by atoms with Crippen LogP contribution in [0.5, 0.6) is 5.75 Å². The molecule has 0 radical (unpaired) electrons. The van der Waals surface area contributed by atoms with Crippen molar-refractivity contribution in [2.24, 2.45) is 0 Å². The Kier molecular flexibility index (Phi) is 4.95. The SMILES string of the molecule is CCCCN(CC)C1C(O)c2cc(C)ccc2OC1(C)C. The van der Waals surface area contributed by atoms with Crippen LogP contribution in [0.15, 0.2) is 18.2 Å². The predicted octanol–water partition coefficient (Wildman–Crippen LogP) is 3.69. The molecule has 1 aliphatic rings. The van der Waals surface area contributed by atoms with Crippen molar-refractivity contribution in [2.75, 3.05) is 13.1 Å². The maximum absolute atomic E-state index is 11.0. The molecule has 2 unspecified atom stereocenters. The van der Waals surface area contributed by atoms with E-state index in [9.17, 15) is 5.11 Å². The molecule has 0 aliphatic carbocycles. The standard InChI is InChI=1S/C18H29NO2/c1-6-8-11-19(7-2)17-16(20)14-12-13(3)9-10-15(14)21-18(17,4)5/h9-10,12,16-17,20H,6-8,11H2,1-5H3. The number of likely N-dealkylation sites (N-methyl/N-ethyl adjacent to an activating group) is 1. The zero-order valence-corrected chi connectivity index (χ0v) is 14.0. The van der Waals surface area contributed by atoms with Gasteiger partial charge in [-0.25, -0.2) is 0 Å². The largest absolute Gasteiger partial charge is 0.486 e. The summed E-state index contributed by atoms with van der Waals surface area (Å²) in [4.78, 5) is 2.36. The molecule has 1 N–H and O–H groups in total. The molecule has 1 aromatic carbocycles. The molecule has 0 bridgehead atoms. The first-order chi connectivity index (χ1) is 9.90. The second-order valence-corrected chi connectivity index (χ2v) is 6.62. The summed E-state index contributed by atoms with van der Waals surface area (Å²) in [6, 6.07) is 6.06. The number of benzene rings is 1. The lowest BCUT2D eigenvalue weighted by molar-refractivity contribution is -0.0816. The summed E-state index contributed by atoms with van der Waals surface area (Å²) in [5.41, 5.74) is 1.69. The molecule has 0 fully saturated rings. The Morgan fingerprint density at radius 1 is 1.29 bits per heavy atom. The molecule has 0 saturated carbocycles. The lowest BCUT2D eigenvalue weighted by Gasteiger charge is -2.48. The van der Waals surface area contributed by atoms with Crippen LogP contribution in [0.25, 0.3) is 0 Å². The van der Waals surface area contributed by atoms with Crippen molar-refractivity contribution in [3.63, 3.8) is 0 Å². The number of unbranched alkanes of at least 4 members (excludes halogenated alkanes) is 1. The van der Waals surface area contributed by atoms with Gasteiger partial charge in [-0.05, 0) is 52.4 Å². The minimum atomic E-state index is -0.500. The van der Waals surface area contributed by atoms with Gasteiger partial charge in [0.2, 0.25) is 0 Å². The second kappa shape index (κ2) is 6.37. The highest BCUT2D eigenvalue weighted by atomic mass is 16.5. The lowest BCUT2D eigenvalue weighted by Crippen LogP contribution is -2.58. The van der Waals surface area contributed by atoms with E-state index in [-0.39, 0.29) is 6.04 Å². The van der Waals surface area contributed by atoms with Crippen molar-refractivity contribution < 1.29 is 9.84 Å². The fraction of sp³-hybridized carbons (Fsp3) is 0.667. The van der Waals surface area contributed by atoms with Crippen LogP contribution in [0.2, 0.25) is 0 Å². The van der Waals surface area contributed by atoms with Crippen molar-refractivity contribution >= 4 is 0 Å². The van der Waals surface area contributed by atoms with E-state index in [2.05, 4.69) is 45.6 Å². The van der Waals surface area contributed by atoms with Crippen LogP contribution in [0.1, 0.15) is 57.8 Å². The summed E-state index contributed by atoms with van der Waals surface area (Å²) < 4.78 is 6.22. The molecule has 1 heterocycles. The monoisotopic (exact) mass is 291 g/mol. The van der Waals surface area contributed by atoms with Crippen molar-refractivity contribution in [3.05, 3.63) is 29.3 Å². The van der Waals surface area contributed by atoms with Crippen molar-refractivity contribution in [2.45, 2.75) is 65.2 Å². The van der Waals surface area contributed by atoms with Gasteiger partial charge < -0.3 is 9.84 Å². The highest BCUT2D eigenvalue weighted by Crippen LogP contribution is 2.42. The average Bonchev–Trinajstić information content (AvgIpc) is 2.43. The lowest BCUT2D eigenvalue weighted by atomic mass is 9.84. The number of hydrogen-bond donors (Lipinski definition) is 1. The number of aryl methyl sites for hydroxylation is 1. The molecule has 21 heavy (non-hydrogen) atoms. The first-order valence-corrected chi connectivity index (χ1v) is 8.12. The fourth-order valence-electron chi connectivity index (χ4n) is 3.38. The maximum atomic E-state index is 11.0. The van der Waals surface area contributed by atoms with Gasteiger partial charge in [-0.2, -0.15) is 0 Å². The van der Waals surface area contributed by atoms with Crippen LogP contribution in [-0.2, 0) is 0 Å². The fourth-order valence-corrected chi connectivity index (χ4v) is 3.38. The van der Waals surface area contributed by atoms with Crippen LogP contribution >= 0.6 is 0 Å². The highest BCUT2D eigenvalue weighted by Gasteiger charge is 2.45. The Labute approximate surface area is 128 Å². The van der Waals surface area contributed by atoms with E-state index in [1.54, 1.807) is 0 Å². The number of fused-ring (bicyclic) bond motifs is 1. The van der Waals surface area contributed by atoms with E-state index >= 15 is 0 Å². The minimum Gasteiger partial charge on any atom is -0.486 e. The normalized spacial score (nSPS) is 23.8. The van der Waals surface area contributed by atoms with E-state index in [4.69, 9.17) is 4.74 Å². The Bertz CT molecular complexity index is 484. The Hall–Kier alpha value is -1.06. The highest BCUT2D eigenvalue weighted by molar-refractivity contribution is 5.42. The number of aliphatic hydroxyl groups is 1. The second-order valence-electron chi connectivity index (χ2n) is 6.62. The van der Waals surface area contributed by atoms with Crippen molar-refractivity contribution in [1.82, 2.24) is 4.90 Å². The molecule has 3 heteroatoms. The molecule has 1 aliphatic heterocycles. The molecule has 1 aromatic rings. The van der Waals surface area contributed by atoms with Gasteiger partial charge in [-0.1, -0.05) is 31.9 Å². The number of ether oxygens (including phenoxy) is 1. The van der Waals surface area contributed by atoms with Crippen LogP contribution in [0.3, 0.4) is 0 Å². The Morgan fingerprint density at radius 3 is 2.62 bits per heavy atom. The third kappa shape index (κ3) is 3.24. The van der Waals surface area contributed by atoms with E-state index in [1.807, 2.05) is 12.1 Å². The number of rotatable bonds is 5. The summed E-state index contributed by atoms with van der Waals surface area (Å²) in [6.07, 6.45) is 1.81. The summed E-state index contributed by atoms with van der Waals surface area (Å²) in [5.74, 6) is 0.820. The van der Waals surface area contributed by atoms with Crippen LogP contribution in [-0.4, -0.2) is 34.7 Å². The van der Waals surface area contributed by atoms with E-state index in [0.29, 0.717) is 0 Å². The number of hydrogen-bond acceptors (Lipinski definition) is 3. The van der Waals surface area contributed by atoms with Gasteiger partial charge in [-0.15, -0.1) is 0 Å². The van der Waals surface area contributed by atoms with Gasteiger partial charge in [0.15, 0.2) is 0 Å². The summed E-state index contributed by atoms with van der Waals surface area (Å²) in [7, 11) is 0. The summed E-state index contributed by atoms with van der Waals surface area (Å²) in [5, 5.41) is 11.0. The molecular weight excluding hydrogens is 262 g/mol. The zero-order valence-electron chi connectivity index (χ0n) is 14.0. The van der Waals surface area contributed by atoms with Gasteiger partial charge in [0, 0.05) is 5.56 Å². The van der Waals surface area contributed by atoms with Crippen LogP contribution in [0, 0.1) is 6.92 Å². The molecule has 0 spiro atoms. The quantitative estimate of drug-likeness (QED) is 0.898.